The van der Waals surface area contributed by atoms with E-state index in [0.29, 0.717) is 22.8 Å². The molecule has 2 aromatic rings. The minimum atomic E-state index is -3.75. The fourth-order valence-electron chi connectivity index (χ4n) is 1.98. The molecule has 0 fully saturated rings. The van der Waals surface area contributed by atoms with Gasteiger partial charge in [-0.25, -0.2) is 8.42 Å². The van der Waals surface area contributed by atoms with Crippen molar-refractivity contribution < 1.29 is 13.2 Å². The molecule has 0 spiro atoms. The molecule has 114 valence electrons. The van der Waals surface area contributed by atoms with E-state index >= 15 is 0 Å². The largest absolute Gasteiger partial charge is 0.497 e. The molecule has 0 unspecified atom stereocenters. The summed E-state index contributed by atoms with van der Waals surface area (Å²) in [7, 11) is -0.740. The number of alkyl halides is 1. The Morgan fingerprint density at radius 2 is 2.14 bits per heavy atom. The maximum Gasteiger partial charge on any atom is 0.267 e. The van der Waals surface area contributed by atoms with Crippen LogP contribution < -0.4 is 9.04 Å². The Kier molecular flexibility index (Phi) is 4.43. The van der Waals surface area contributed by atoms with E-state index in [1.807, 2.05) is 0 Å². The van der Waals surface area contributed by atoms with E-state index in [0.717, 1.165) is 0 Å². The lowest BCUT2D eigenvalue weighted by atomic mass is 10.3. The topological polar surface area (TPSA) is 75.3 Å². The van der Waals surface area contributed by atoms with Gasteiger partial charge in [0.15, 0.2) is 0 Å². The number of H-pyrrole nitrogens is 1. The van der Waals surface area contributed by atoms with Gasteiger partial charge in [-0.15, -0.1) is 11.6 Å². The molecule has 1 aromatic heterocycles. The van der Waals surface area contributed by atoms with Crippen LogP contribution in [0.25, 0.3) is 0 Å². The molecule has 0 atom stereocenters. The second-order valence-electron chi connectivity index (χ2n) is 4.43. The van der Waals surface area contributed by atoms with Gasteiger partial charge >= 0.3 is 0 Å². The van der Waals surface area contributed by atoms with Gasteiger partial charge in [0.05, 0.1) is 30.1 Å². The number of anilines is 1. The summed E-state index contributed by atoms with van der Waals surface area (Å²) in [5.74, 6) is 0.598. The van der Waals surface area contributed by atoms with Crippen molar-refractivity contribution in [3.8, 4) is 5.75 Å². The molecule has 0 amide bonds. The van der Waals surface area contributed by atoms with Crippen LogP contribution in [0.2, 0.25) is 0 Å². The Balaban J connectivity index is 2.50. The highest BCUT2D eigenvalue weighted by atomic mass is 35.5. The number of methoxy groups -OCH3 is 1. The Morgan fingerprint density at radius 3 is 2.76 bits per heavy atom. The predicted octanol–water partition coefficient (Wildman–Crippen LogP) is 2.29. The number of nitrogens with one attached hydrogen (secondary N) is 1. The summed E-state index contributed by atoms with van der Waals surface area (Å²) >= 11 is 5.76. The molecule has 1 N–H and O–H groups in total. The molecule has 1 aromatic carbocycles. The van der Waals surface area contributed by atoms with Crippen LogP contribution in [0.1, 0.15) is 11.4 Å². The Morgan fingerprint density at radius 1 is 1.43 bits per heavy atom. The monoisotopic (exact) mass is 329 g/mol. The molecular weight excluding hydrogens is 314 g/mol. The summed E-state index contributed by atoms with van der Waals surface area (Å²) < 4.78 is 31.8. The molecule has 0 bridgehead atoms. The van der Waals surface area contributed by atoms with Gasteiger partial charge in [0.25, 0.3) is 10.0 Å². The molecule has 0 aliphatic carbocycles. The number of halogens is 1. The minimum Gasteiger partial charge on any atom is -0.497 e. The van der Waals surface area contributed by atoms with Gasteiger partial charge in [0, 0.05) is 13.1 Å². The van der Waals surface area contributed by atoms with Crippen LogP contribution in [0.4, 0.5) is 5.69 Å². The highest BCUT2D eigenvalue weighted by molar-refractivity contribution is 7.92. The fourth-order valence-corrected chi connectivity index (χ4v) is 3.77. The quantitative estimate of drug-likeness (QED) is 0.854. The van der Waals surface area contributed by atoms with Crippen molar-refractivity contribution in [2.45, 2.75) is 17.7 Å². The third-order valence-electron chi connectivity index (χ3n) is 3.12. The van der Waals surface area contributed by atoms with E-state index in [4.69, 9.17) is 16.3 Å². The van der Waals surface area contributed by atoms with Crippen LogP contribution in [0.15, 0.2) is 29.2 Å². The van der Waals surface area contributed by atoms with E-state index < -0.39 is 10.0 Å². The van der Waals surface area contributed by atoms with Crippen molar-refractivity contribution in [1.29, 1.82) is 0 Å². The number of hydrogen-bond acceptors (Lipinski definition) is 4. The molecule has 0 radical (unpaired) electrons. The van der Waals surface area contributed by atoms with Crippen molar-refractivity contribution in [3.05, 3.63) is 35.7 Å². The molecule has 2 rings (SSSR count). The second kappa shape index (κ2) is 5.95. The van der Waals surface area contributed by atoms with Crippen molar-refractivity contribution in [1.82, 2.24) is 10.2 Å². The number of aromatic amines is 1. The highest BCUT2D eigenvalue weighted by Crippen LogP contribution is 2.28. The lowest BCUT2D eigenvalue weighted by molar-refractivity contribution is 0.415. The zero-order chi connectivity index (χ0) is 15.6. The number of ether oxygens (including phenoxy) is 1. The highest BCUT2D eigenvalue weighted by Gasteiger charge is 2.28. The standard InChI is InChI=1S/C13H16ClN3O3S/c1-9-13(12(8-14)16-15-9)21(18,19)17(2)10-5-4-6-11(7-10)20-3/h4-7H,8H2,1-3H3,(H,15,16). The van der Waals surface area contributed by atoms with Gasteiger partial charge in [-0.2, -0.15) is 5.10 Å². The average Bonchev–Trinajstić information content (AvgIpc) is 2.88. The van der Waals surface area contributed by atoms with Crippen LogP contribution in [0.5, 0.6) is 5.75 Å². The fraction of sp³-hybridized carbons (Fsp3) is 0.308. The Bertz CT molecular complexity index is 743. The van der Waals surface area contributed by atoms with Crippen LogP contribution in [0, 0.1) is 6.92 Å². The molecule has 0 saturated heterocycles. The summed E-state index contributed by atoms with van der Waals surface area (Å²) in [5.41, 5.74) is 1.26. The first-order chi connectivity index (χ1) is 9.91. The van der Waals surface area contributed by atoms with Crippen LogP contribution in [-0.4, -0.2) is 32.8 Å². The molecule has 1 heterocycles. The number of aryl methyl sites for hydroxylation is 1. The van der Waals surface area contributed by atoms with Gasteiger partial charge < -0.3 is 4.74 Å². The number of benzene rings is 1. The predicted molar refractivity (Wildman–Crippen MR) is 81.5 cm³/mol. The van der Waals surface area contributed by atoms with Crippen molar-refractivity contribution in [2.24, 2.45) is 0 Å². The van der Waals surface area contributed by atoms with E-state index in [2.05, 4.69) is 10.2 Å². The first kappa shape index (κ1) is 15.7. The molecule has 21 heavy (non-hydrogen) atoms. The summed E-state index contributed by atoms with van der Waals surface area (Å²) in [6, 6.07) is 6.81. The number of sulfonamides is 1. The summed E-state index contributed by atoms with van der Waals surface area (Å²) in [5, 5.41) is 6.58. The number of nitrogens with zero attached hydrogens (tertiary/aromatic N) is 2. The van der Waals surface area contributed by atoms with Gasteiger partial charge in [-0.3, -0.25) is 9.40 Å². The molecule has 8 heteroatoms. The normalized spacial score (nSPS) is 11.4. The maximum absolute atomic E-state index is 12.8. The van der Waals surface area contributed by atoms with E-state index in [1.165, 1.54) is 18.5 Å². The maximum atomic E-state index is 12.8. The molecule has 0 aliphatic heterocycles. The number of rotatable bonds is 5. The molecular formula is C13H16ClN3O3S. The van der Waals surface area contributed by atoms with Gasteiger partial charge in [-0.05, 0) is 19.1 Å². The average molecular weight is 330 g/mol. The Labute approximate surface area is 128 Å². The zero-order valence-corrected chi connectivity index (χ0v) is 13.5. The summed E-state index contributed by atoms with van der Waals surface area (Å²) in [6.45, 7) is 1.65. The van der Waals surface area contributed by atoms with E-state index in [9.17, 15) is 8.42 Å². The second-order valence-corrected chi connectivity index (χ2v) is 6.61. The Hall–Kier alpha value is -1.73. The smallest absolute Gasteiger partial charge is 0.267 e. The SMILES string of the molecule is COc1cccc(N(C)S(=O)(=O)c2c(CCl)n[nH]c2C)c1. The lowest BCUT2D eigenvalue weighted by Gasteiger charge is -2.20. The third kappa shape index (κ3) is 2.84. The number of hydrogen-bond donors (Lipinski definition) is 1. The summed E-state index contributed by atoms with van der Waals surface area (Å²) in [6.07, 6.45) is 0. The molecule has 6 nitrogen and oxygen atoms in total. The van der Waals surface area contributed by atoms with E-state index in [-0.39, 0.29) is 10.8 Å². The van der Waals surface area contributed by atoms with Crippen LogP contribution in [-0.2, 0) is 15.9 Å². The molecule has 0 aliphatic rings. The lowest BCUT2D eigenvalue weighted by Crippen LogP contribution is -2.27. The zero-order valence-electron chi connectivity index (χ0n) is 11.9. The van der Waals surface area contributed by atoms with Gasteiger partial charge in [-0.1, -0.05) is 6.07 Å². The summed E-state index contributed by atoms with van der Waals surface area (Å²) in [4.78, 5) is 0.114. The first-order valence-electron chi connectivity index (χ1n) is 6.14. The van der Waals surface area contributed by atoms with E-state index in [1.54, 1.807) is 31.2 Å². The van der Waals surface area contributed by atoms with Gasteiger partial charge in [0.1, 0.15) is 10.6 Å². The first-order valence-corrected chi connectivity index (χ1v) is 8.12. The third-order valence-corrected chi connectivity index (χ3v) is 5.37. The van der Waals surface area contributed by atoms with Crippen molar-refractivity contribution >= 4 is 27.3 Å². The minimum absolute atomic E-state index is 0.0187. The van der Waals surface area contributed by atoms with Gasteiger partial charge in [0.2, 0.25) is 0 Å². The van der Waals surface area contributed by atoms with Crippen LogP contribution in [0.3, 0.4) is 0 Å². The molecule has 0 saturated carbocycles. The van der Waals surface area contributed by atoms with Crippen molar-refractivity contribution in [3.63, 3.8) is 0 Å². The van der Waals surface area contributed by atoms with Crippen molar-refractivity contribution in [2.75, 3.05) is 18.5 Å². The van der Waals surface area contributed by atoms with Crippen LogP contribution >= 0.6 is 11.6 Å². The number of aromatic nitrogens is 2.